The highest BCUT2D eigenvalue weighted by atomic mass is 16.5. The van der Waals surface area contributed by atoms with Crippen LogP contribution in [-0.2, 0) is 25.7 Å². The van der Waals surface area contributed by atoms with Crippen LogP contribution in [0.5, 0.6) is 0 Å². The van der Waals surface area contributed by atoms with E-state index in [1.807, 2.05) is 30.3 Å². The quantitative estimate of drug-likeness (QED) is 0.467. The number of hydrogen-bond acceptors (Lipinski definition) is 6. The molecule has 3 atom stereocenters. The Hall–Kier alpha value is -2.94. The van der Waals surface area contributed by atoms with Crippen LogP contribution in [0.15, 0.2) is 30.3 Å². The molecule has 0 radical (unpaired) electrons. The Morgan fingerprint density at radius 2 is 1.97 bits per heavy atom. The van der Waals surface area contributed by atoms with Gasteiger partial charge in [-0.25, -0.2) is 4.79 Å². The van der Waals surface area contributed by atoms with E-state index in [1.54, 1.807) is 0 Å². The number of benzene rings is 1. The van der Waals surface area contributed by atoms with E-state index < -0.39 is 30.1 Å². The molecule has 1 aliphatic rings. The minimum Gasteiger partial charge on any atom is -0.445 e. The van der Waals surface area contributed by atoms with E-state index >= 15 is 0 Å². The van der Waals surface area contributed by atoms with Crippen molar-refractivity contribution in [2.45, 2.75) is 50.9 Å². The molecule has 0 aliphatic heterocycles. The second-order valence-corrected chi connectivity index (χ2v) is 7.14. The Labute approximate surface area is 169 Å². The maximum absolute atomic E-state index is 12.1. The SMILES string of the molecule is NC(=O)[C@H](NC(=O)C[C@@H](O)CNC(=O)OCc1ccccc1)[C@H]1CCCC(=O)C1. The number of carbonyl (C=O) groups is 4. The number of nitrogens with two attached hydrogens (primary N) is 1. The molecule has 158 valence electrons. The lowest BCUT2D eigenvalue weighted by Gasteiger charge is -2.28. The smallest absolute Gasteiger partial charge is 0.407 e. The number of Topliss-reactive ketones (excluding diaryl/α,β-unsaturated/α-hetero) is 1. The summed E-state index contributed by atoms with van der Waals surface area (Å²) >= 11 is 0. The second kappa shape index (κ2) is 11.2. The van der Waals surface area contributed by atoms with Gasteiger partial charge in [0.05, 0.1) is 12.5 Å². The van der Waals surface area contributed by atoms with E-state index in [0.29, 0.717) is 19.3 Å². The highest BCUT2D eigenvalue weighted by Gasteiger charge is 2.32. The van der Waals surface area contributed by atoms with Gasteiger partial charge < -0.3 is 26.2 Å². The summed E-state index contributed by atoms with van der Waals surface area (Å²) in [6.07, 6.45) is -0.266. The molecule has 1 fully saturated rings. The Kier molecular flexibility index (Phi) is 8.60. The fourth-order valence-electron chi connectivity index (χ4n) is 3.26. The number of carbonyl (C=O) groups excluding carboxylic acids is 4. The van der Waals surface area contributed by atoms with Crippen LogP contribution in [0.3, 0.4) is 0 Å². The molecule has 1 aromatic carbocycles. The number of nitrogens with one attached hydrogen (secondary N) is 2. The first kappa shape index (κ1) is 22.4. The van der Waals surface area contributed by atoms with Crippen LogP contribution in [0.4, 0.5) is 4.79 Å². The summed E-state index contributed by atoms with van der Waals surface area (Å²) in [5.41, 5.74) is 6.19. The normalized spacial score (nSPS) is 18.4. The summed E-state index contributed by atoms with van der Waals surface area (Å²) in [7, 11) is 0. The minimum absolute atomic E-state index is 0.0417. The van der Waals surface area contributed by atoms with Gasteiger partial charge in [-0.2, -0.15) is 0 Å². The van der Waals surface area contributed by atoms with E-state index in [2.05, 4.69) is 10.6 Å². The van der Waals surface area contributed by atoms with Gasteiger partial charge in [0.15, 0.2) is 0 Å². The number of ether oxygens (including phenoxy) is 1. The van der Waals surface area contributed by atoms with E-state index in [1.165, 1.54) is 0 Å². The zero-order valence-electron chi connectivity index (χ0n) is 16.1. The van der Waals surface area contributed by atoms with Crippen molar-refractivity contribution < 1.29 is 29.0 Å². The number of alkyl carbamates (subject to hydrolysis) is 1. The molecule has 2 rings (SSSR count). The molecule has 29 heavy (non-hydrogen) atoms. The number of primary amides is 1. The third kappa shape index (κ3) is 7.90. The lowest BCUT2D eigenvalue weighted by molar-refractivity contribution is -0.131. The number of aliphatic hydroxyl groups excluding tert-OH is 1. The topological polar surface area (TPSA) is 148 Å². The molecular weight excluding hydrogens is 378 g/mol. The average Bonchev–Trinajstić information content (AvgIpc) is 2.69. The lowest BCUT2D eigenvalue weighted by atomic mass is 9.83. The van der Waals surface area contributed by atoms with Crippen LogP contribution in [-0.4, -0.2) is 47.5 Å². The largest absolute Gasteiger partial charge is 0.445 e. The van der Waals surface area contributed by atoms with Gasteiger partial charge in [-0.3, -0.25) is 14.4 Å². The summed E-state index contributed by atoms with van der Waals surface area (Å²) in [6.45, 7) is -0.103. The predicted octanol–water partition coefficient (Wildman–Crippen LogP) is 0.393. The number of ketones is 1. The van der Waals surface area contributed by atoms with Crippen LogP contribution < -0.4 is 16.4 Å². The van der Waals surface area contributed by atoms with Gasteiger partial charge >= 0.3 is 6.09 Å². The van der Waals surface area contributed by atoms with Gasteiger partial charge in [0, 0.05) is 19.4 Å². The molecule has 0 aromatic heterocycles. The van der Waals surface area contributed by atoms with Crippen LogP contribution >= 0.6 is 0 Å². The average molecular weight is 405 g/mol. The fourth-order valence-corrected chi connectivity index (χ4v) is 3.26. The molecule has 0 saturated heterocycles. The molecule has 0 spiro atoms. The number of amides is 3. The van der Waals surface area contributed by atoms with Crippen LogP contribution in [0.2, 0.25) is 0 Å². The molecule has 9 heteroatoms. The van der Waals surface area contributed by atoms with Crippen LogP contribution in [0.25, 0.3) is 0 Å². The molecule has 0 bridgehead atoms. The van der Waals surface area contributed by atoms with Crippen molar-refractivity contribution in [2.24, 2.45) is 11.7 Å². The van der Waals surface area contributed by atoms with Crippen molar-refractivity contribution in [3.63, 3.8) is 0 Å². The van der Waals surface area contributed by atoms with E-state index in [9.17, 15) is 24.3 Å². The first-order valence-electron chi connectivity index (χ1n) is 9.58. The summed E-state index contributed by atoms with van der Waals surface area (Å²) in [5, 5.41) is 14.8. The highest BCUT2D eigenvalue weighted by molar-refractivity contribution is 5.88. The van der Waals surface area contributed by atoms with Crippen LogP contribution in [0.1, 0.15) is 37.7 Å². The summed E-state index contributed by atoms with van der Waals surface area (Å²) < 4.78 is 5.01. The number of hydrogen-bond donors (Lipinski definition) is 4. The Morgan fingerprint density at radius 1 is 1.24 bits per heavy atom. The van der Waals surface area contributed by atoms with Gasteiger partial charge in [0.2, 0.25) is 11.8 Å². The van der Waals surface area contributed by atoms with Gasteiger partial charge in [0.25, 0.3) is 0 Å². The van der Waals surface area contributed by atoms with Gasteiger partial charge in [-0.05, 0) is 24.3 Å². The van der Waals surface area contributed by atoms with E-state index in [4.69, 9.17) is 10.5 Å². The molecule has 1 aromatic rings. The molecule has 1 saturated carbocycles. The standard InChI is InChI=1S/C20H27N3O6/c21-19(27)18(14-7-4-8-15(24)9-14)23-17(26)10-16(25)11-22-20(28)29-12-13-5-2-1-3-6-13/h1-3,5-6,14,16,18,25H,4,7-12H2,(H2,21,27)(H,22,28)(H,23,26)/t14-,16+,18+/m0/s1. The molecule has 1 aliphatic carbocycles. The van der Waals surface area contributed by atoms with Crippen molar-refractivity contribution in [1.82, 2.24) is 10.6 Å². The number of aliphatic hydroxyl groups is 1. The maximum atomic E-state index is 12.1. The summed E-state index contributed by atoms with van der Waals surface area (Å²) in [5.74, 6) is -1.59. The molecule has 0 unspecified atom stereocenters. The van der Waals surface area contributed by atoms with Crippen molar-refractivity contribution in [3.8, 4) is 0 Å². The molecule has 0 heterocycles. The summed E-state index contributed by atoms with van der Waals surface area (Å²) in [4.78, 5) is 47.1. The first-order valence-corrected chi connectivity index (χ1v) is 9.58. The second-order valence-electron chi connectivity index (χ2n) is 7.14. The van der Waals surface area contributed by atoms with E-state index in [0.717, 1.165) is 5.56 Å². The summed E-state index contributed by atoms with van der Waals surface area (Å²) in [6, 6.07) is 8.15. The Bertz CT molecular complexity index is 724. The third-order valence-corrected chi connectivity index (χ3v) is 4.73. The predicted molar refractivity (Wildman–Crippen MR) is 103 cm³/mol. The lowest BCUT2D eigenvalue weighted by Crippen LogP contribution is -2.51. The molecular formula is C20H27N3O6. The van der Waals surface area contributed by atoms with Crippen LogP contribution in [0, 0.1) is 5.92 Å². The van der Waals surface area contributed by atoms with Crippen molar-refractivity contribution in [1.29, 1.82) is 0 Å². The Balaban J connectivity index is 1.72. The molecule has 3 amide bonds. The monoisotopic (exact) mass is 405 g/mol. The van der Waals surface area contributed by atoms with Crippen molar-refractivity contribution in [2.75, 3.05) is 6.54 Å². The first-order chi connectivity index (χ1) is 13.8. The minimum atomic E-state index is -1.17. The zero-order chi connectivity index (χ0) is 21.2. The highest BCUT2D eigenvalue weighted by Crippen LogP contribution is 2.24. The van der Waals surface area contributed by atoms with Crippen molar-refractivity contribution >= 4 is 23.7 Å². The zero-order valence-corrected chi connectivity index (χ0v) is 16.1. The maximum Gasteiger partial charge on any atom is 0.407 e. The van der Waals surface area contributed by atoms with E-state index in [-0.39, 0.29) is 37.7 Å². The molecule has 5 N–H and O–H groups in total. The Morgan fingerprint density at radius 3 is 2.62 bits per heavy atom. The van der Waals surface area contributed by atoms with Gasteiger partial charge in [-0.1, -0.05) is 30.3 Å². The fraction of sp³-hybridized carbons (Fsp3) is 0.500. The third-order valence-electron chi connectivity index (χ3n) is 4.73. The van der Waals surface area contributed by atoms with Gasteiger partial charge in [-0.15, -0.1) is 0 Å². The number of rotatable bonds is 9. The molecule has 9 nitrogen and oxygen atoms in total. The van der Waals surface area contributed by atoms with Crippen molar-refractivity contribution in [3.05, 3.63) is 35.9 Å². The van der Waals surface area contributed by atoms with Gasteiger partial charge in [0.1, 0.15) is 18.4 Å².